The molecule has 11 heavy (non-hydrogen) atoms. The van der Waals surface area contributed by atoms with Crippen LogP contribution >= 0.6 is 0 Å². The molecule has 0 bridgehead atoms. The summed E-state index contributed by atoms with van der Waals surface area (Å²) < 4.78 is 5.31. The van der Waals surface area contributed by atoms with Crippen molar-refractivity contribution in [3.63, 3.8) is 0 Å². The Balaban J connectivity index is 2.07. The second-order valence-electron chi connectivity index (χ2n) is 3.18. The summed E-state index contributed by atoms with van der Waals surface area (Å²) in [7, 11) is 0. The monoisotopic (exact) mass is 156 g/mol. The zero-order chi connectivity index (χ0) is 8.10. The molecule has 0 aromatic rings. The number of hydrogen-bond donors (Lipinski definition) is 0. The van der Waals surface area contributed by atoms with Gasteiger partial charge in [-0.2, -0.15) is 0 Å². The van der Waals surface area contributed by atoms with Crippen molar-refractivity contribution >= 4 is 0 Å². The highest BCUT2D eigenvalue weighted by atomic mass is 16.5. The van der Waals surface area contributed by atoms with E-state index in [4.69, 9.17) is 4.74 Å². The Labute approximate surface area is 69.5 Å². The fraction of sp³-hybridized carbons (Fsp3) is 0.889. The van der Waals surface area contributed by atoms with Gasteiger partial charge < -0.3 is 4.74 Å². The molecule has 0 aliphatic carbocycles. The highest BCUT2D eigenvalue weighted by Gasteiger charge is 2.14. The van der Waals surface area contributed by atoms with Crippen molar-refractivity contribution in [2.45, 2.75) is 19.8 Å². The summed E-state index contributed by atoms with van der Waals surface area (Å²) in [5.74, 6) is 0.674. The minimum absolute atomic E-state index is 0.674. The SMILES string of the molecule is [CH2]C1CCN(COCC)CC1. The summed E-state index contributed by atoms with van der Waals surface area (Å²) in [6, 6.07) is 0. The molecule has 1 aliphatic rings. The zero-order valence-electron chi connectivity index (χ0n) is 7.38. The normalized spacial score (nSPS) is 22.4. The lowest BCUT2D eigenvalue weighted by Crippen LogP contribution is -2.34. The van der Waals surface area contributed by atoms with Crippen LogP contribution in [-0.4, -0.2) is 31.3 Å². The molecule has 1 radical (unpaired) electrons. The summed E-state index contributed by atoms with van der Waals surface area (Å²) >= 11 is 0. The predicted octanol–water partition coefficient (Wildman–Crippen LogP) is 1.53. The number of rotatable bonds is 3. The van der Waals surface area contributed by atoms with Gasteiger partial charge in [-0.25, -0.2) is 0 Å². The minimum atomic E-state index is 0.674. The minimum Gasteiger partial charge on any atom is -0.366 e. The van der Waals surface area contributed by atoms with Crippen LogP contribution in [0.5, 0.6) is 0 Å². The van der Waals surface area contributed by atoms with E-state index >= 15 is 0 Å². The van der Waals surface area contributed by atoms with E-state index in [9.17, 15) is 0 Å². The Morgan fingerprint density at radius 3 is 2.64 bits per heavy atom. The maximum atomic E-state index is 5.31. The maximum absolute atomic E-state index is 5.31. The van der Waals surface area contributed by atoms with Crippen LogP contribution in [0.3, 0.4) is 0 Å². The molecule has 0 aromatic carbocycles. The molecular weight excluding hydrogens is 138 g/mol. The van der Waals surface area contributed by atoms with Gasteiger partial charge in [0.2, 0.25) is 0 Å². The number of piperidine rings is 1. The Morgan fingerprint density at radius 2 is 2.09 bits per heavy atom. The van der Waals surface area contributed by atoms with E-state index in [1.165, 1.54) is 12.8 Å². The molecule has 0 N–H and O–H groups in total. The van der Waals surface area contributed by atoms with Crippen LogP contribution < -0.4 is 0 Å². The third-order valence-corrected chi connectivity index (χ3v) is 2.19. The first kappa shape index (κ1) is 9.01. The first-order valence-corrected chi connectivity index (χ1v) is 4.46. The third-order valence-electron chi connectivity index (χ3n) is 2.19. The summed E-state index contributed by atoms with van der Waals surface area (Å²) in [5, 5.41) is 0. The van der Waals surface area contributed by atoms with E-state index in [2.05, 4.69) is 11.8 Å². The highest BCUT2D eigenvalue weighted by molar-refractivity contribution is 4.71. The van der Waals surface area contributed by atoms with E-state index < -0.39 is 0 Å². The van der Waals surface area contributed by atoms with Crippen LogP contribution in [0.15, 0.2) is 0 Å². The number of ether oxygens (including phenoxy) is 1. The van der Waals surface area contributed by atoms with Crippen molar-refractivity contribution in [1.82, 2.24) is 4.90 Å². The van der Waals surface area contributed by atoms with Gasteiger partial charge in [-0.15, -0.1) is 0 Å². The van der Waals surface area contributed by atoms with Gasteiger partial charge in [-0.1, -0.05) is 6.92 Å². The first-order valence-electron chi connectivity index (χ1n) is 4.46. The molecular formula is C9H18NO. The van der Waals surface area contributed by atoms with Gasteiger partial charge in [0.1, 0.15) is 0 Å². The molecule has 2 heteroatoms. The number of hydrogen-bond acceptors (Lipinski definition) is 2. The number of nitrogens with zero attached hydrogens (tertiary/aromatic N) is 1. The van der Waals surface area contributed by atoms with Crippen molar-refractivity contribution < 1.29 is 4.74 Å². The zero-order valence-corrected chi connectivity index (χ0v) is 7.38. The van der Waals surface area contributed by atoms with Crippen LogP contribution in [0, 0.1) is 12.8 Å². The smallest absolute Gasteiger partial charge is 0.0990 e. The van der Waals surface area contributed by atoms with Crippen LogP contribution in [0.1, 0.15) is 19.8 Å². The summed E-state index contributed by atoms with van der Waals surface area (Å²) in [6.45, 7) is 10.0. The van der Waals surface area contributed by atoms with Crippen LogP contribution in [0.4, 0.5) is 0 Å². The van der Waals surface area contributed by atoms with E-state index in [1.54, 1.807) is 0 Å². The molecule has 0 amide bonds. The predicted molar refractivity (Wildman–Crippen MR) is 46.1 cm³/mol. The second kappa shape index (κ2) is 4.73. The fourth-order valence-electron chi connectivity index (χ4n) is 1.34. The molecule has 1 heterocycles. The third kappa shape index (κ3) is 3.21. The molecule has 1 aliphatic heterocycles. The molecule has 0 unspecified atom stereocenters. The van der Waals surface area contributed by atoms with Gasteiger partial charge in [-0.05, 0) is 25.7 Å². The van der Waals surface area contributed by atoms with Crippen molar-refractivity contribution in [2.24, 2.45) is 5.92 Å². The van der Waals surface area contributed by atoms with Gasteiger partial charge >= 0.3 is 0 Å². The summed E-state index contributed by atoms with van der Waals surface area (Å²) in [4.78, 5) is 2.35. The van der Waals surface area contributed by atoms with Crippen molar-refractivity contribution in [3.8, 4) is 0 Å². The van der Waals surface area contributed by atoms with Crippen LogP contribution in [-0.2, 0) is 4.74 Å². The largest absolute Gasteiger partial charge is 0.366 e. The molecule has 2 nitrogen and oxygen atoms in total. The van der Waals surface area contributed by atoms with Gasteiger partial charge in [0.25, 0.3) is 0 Å². The summed E-state index contributed by atoms with van der Waals surface area (Å²) in [5.41, 5.74) is 0. The highest BCUT2D eigenvalue weighted by Crippen LogP contribution is 2.14. The van der Waals surface area contributed by atoms with Crippen molar-refractivity contribution in [3.05, 3.63) is 6.92 Å². The van der Waals surface area contributed by atoms with Gasteiger partial charge in [0.15, 0.2) is 0 Å². The summed E-state index contributed by atoms with van der Waals surface area (Å²) in [6.07, 6.45) is 2.46. The van der Waals surface area contributed by atoms with Crippen molar-refractivity contribution in [1.29, 1.82) is 0 Å². The van der Waals surface area contributed by atoms with Crippen LogP contribution in [0.2, 0.25) is 0 Å². The Morgan fingerprint density at radius 1 is 1.45 bits per heavy atom. The van der Waals surface area contributed by atoms with Crippen molar-refractivity contribution in [2.75, 3.05) is 26.4 Å². The molecule has 0 saturated carbocycles. The molecule has 0 aromatic heterocycles. The van der Waals surface area contributed by atoms with E-state index in [0.29, 0.717) is 5.92 Å². The van der Waals surface area contributed by atoms with E-state index in [0.717, 1.165) is 26.4 Å². The average Bonchev–Trinajstić information content (AvgIpc) is 2.04. The molecule has 0 spiro atoms. The quantitative estimate of drug-likeness (QED) is 0.614. The second-order valence-corrected chi connectivity index (χ2v) is 3.18. The maximum Gasteiger partial charge on any atom is 0.0990 e. The Kier molecular flexibility index (Phi) is 3.87. The van der Waals surface area contributed by atoms with Gasteiger partial charge in [0.05, 0.1) is 6.73 Å². The molecule has 65 valence electrons. The van der Waals surface area contributed by atoms with Crippen LogP contribution in [0.25, 0.3) is 0 Å². The van der Waals surface area contributed by atoms with E-state index in [1.807, 2.05) is 6.92 Å². The molecule has 0 atom stereocenters. The molecule has 1 fully saturated rings. The molecule has 1 rings (SSSR count). The average molecular weight is 156 g/mol. The lowest BCUT2D eigenvalue weighted by molar-refractivity contribution is 0.0200. The van der Waals surface area contributed by atoms with E-state index in [-0.39, 0.29) is 0 Å². The first-order chi connectivity index (χ1) is 5.33. The Bertz CT molecular complexity index is 95.0. The van der Waals surface area contributed by atoms with Gasteiger partial charge in [-0.3, -0.25) is 4.90 Å². The van der Waals surface area contributed by atoms with Gasteiger partial charge in [0, 0.05) is 19.7 Å². The molecule has 1 saturated heterocycles. The number of likely N-dealkylation sites (tertiary alicyclic amines) is 1. The Hall–Kier alpha value is -0.0800. The standard InChI is InChI=1S/C9H18NO/c1-3-11-8-10-6-4-9(2)5-7-10/h9H,2-8H2,1H3. The fourth-order valence-corrected chi connectivity index (χ4v) is 1.34. The lowest BCUT2D eigenvalue weighted by atomic mass is 10.00. The lowest BCUT2D eigenvalue weighted by Gasteiger charge is -2.29. The topological polar surface area (TPSA) is 12.5 Å².